The van der Waals surface area contributed by atoms with Crippen LogP contribution in [0.1, 0.15) is 20.3 Å². The summed E-state index contributed by atoms with van der Waals surface area (Å²) in [6.45, 7) is 5.44. The molecule has 0 rings (SSSR count). The molecule has 0 bridgehead atoms. The lowest BCUT2D eigenvalue weighted by Crippen LogP contribution is -2.32. The lowest BCUT2D eigenvalue weighted by Gasteiger charge is -2.14. The minimum atomic E-state index is 0.324. The van der Waals surface area contributed by atoms with Crippen molar-refractivity contribution < 1.29 is 9.57 Å². The normalized spacial score (nSPS) is 13.5. The number of rotatable bonds is 6. The SMILES string of the molecule is CCONC(CC)COC. The summed E-state index contributed by atoms with van der Waals surface area (Å²) < 4.78 is 4.95. The second kappa shape index (κ2) is 6.99. The fourth-order valence-corrected chi connectivity index (χ4v) is 0.638. The number of nitrogens with one attached hydrogen (secondary N) is 1. The standard InChI is InChI=1S/C7H17NO2/c1-4-7(6-9-3)8-10-5-2/h7-8H,4-6H2,1-3H3. The van der Waals surface area contributed by atoms with Crippen molar-refractivity contribution in [3.63, 3.8) is 0 Å². The van der Waals surface area contributed by atoms with Gasteiger partial charge in [0.25, 0.3) is 0 Å². The van der Waals surface area contributed by atoms with Crippen LogP contribution < -0.4 is 5.48 Å². The Morgan fingerprint density at radius 3 is 2.50 bits per heavy atom. The molecule has 3 heteroatoms. The van der Waals surface area contributed by atoms with Gasteiger partial charge in [0, 0.05) is 7.11 Å². The van der Waals surface area contributed by atoms with Crippen molar-refractivity contribution in [1.82, 2.24) is 5.48 Å². The molecule has 1 unspecified atom stereocenters. The summed E-state index contributed by atoms with van der Waals surface area (Å²) in [6, 6.07) is 0.324. The zero-order chi connectivity index (χ0) is 7.82. The van der Waals surface area contributed by atoms with Gasteiger partial charge in [-0.25, -0.2) is 0 Å². The van der Waals surface area contributed by atoms with E-state index >= 15 is 0 Å². The Kier molecular flexibility index (Phi) is 6.91. The van der Waals surface area contributed by atoms with Gasteiger partial charge in [0.2, 0.25) is 0 Å². The van der Waals surface area contributed by atoms with E-state index in [1.807, 2.05) is 6.92 Å². The summed E-state index contributed by atoms with van der Waals surface area (Å²) in [6.07, 6.45) is 1.02. The summed E-state index contributed by atoms with van der Waals surface area (Å²) in [4.78, 5) is 5.01. The van der Waals surface area contributed by atoms with Gasteiger partial charge >= 0.3 is 0 Å². The maximum Gasteiger partial charge on any atom is 0.0654 e. The highest BCUT2D eigenvalue weighted by atomic mass is 16.6. The topological polar surface area (TPSA) is 30.5 Å². The summed E-state index contributed by atoms with van der Waals surface area (Å²) in [5.41, 5.74) is 2.90. The highest BCUT2D eigenvalue weighted by Crippen LogP contribution is 1.90. The first-order valence-electron chi connectivity index (χ1n) is 3.71. The maximum absolute atomic E-state index is 5.01. The van der Waals surface area contributed by atoms with E-state index in [1.165, 1.54) is 0 Å². The Morgan fingerprint density at radius 2 is 2.10 bits per heavy atom. The maximum atomic E-state index is 5.01. The number of hydrogen-bond acceptors (Lipinski definition) is 3. The van der Waals surface area contributed by atoms with Crippen LogP contribution in [0.2, 0.25) is 0 Å². The van der Waals surface area contributed by atoms with E-state index in [0.29, 0.717) is 19.3 Å². The average Bonchev–Trinajstić information content (AvgIpc) is 1.98. The largest absolute Gasteiger partial charge is 0.383 e. The first kappa shape index (κ1) is 9.88. The summed E-state index contributed by atoms with van der Waals surface area (Å²) in [7, 11) is 1.69. The van der Waals surface area contributed by atoms with Gasteiger partial charge in [0.15, 0.2) is 0 Å². The van der Waals surface area contributed by atoms with E-state index in [2.05, 4.69) is 12.4 Å². The summed E-state index contributed by atoms with van der Waals surface area (Å²) >= 11 is 0. The molecule has 0 fully saturated rings. The second-order valence-corrected chi connectivity index (χ2v) is 2.11. The first-order chi connectivity index (χ1) is 4.85. The van der Waals surface area contributed by atoms with E-state index in [4.69, 9.17) is 9.57 Å². The van der Waals surface area contributed by atoms with E-state index < -0.39 is 0 Å². The van der Waals surface area contributed by atoms with Gasteiger partial charge in [0.1, 0.15) is 0 Å². The second-order valence-electron chi connectivity index (χ2n) is 2.11. The first-order valence-corrected chi connectivity index (χ1v) is 3.71. The van der Waals surface area contributed by atoms with Crippen LogP contribution in [0.15, 0.2) is 0 Å². The van der Waals surface area contributed by atoms with Gasteiger partial charge < -0.3 is 9.57 Å². The quantitative estimate of drug-likeness (QED) is 0.567. The van der Waals surface area contributed by atoms with E-state index in [1.54, 1.807) is 7.11 Å². The average molecular weight is 147 g/mol. The van der Waals surface area contributed by atoms with Crippen LogP contribution in [0.5, 0.6) is 0 Å². The van der Waals surface area contributed by atoms with Crippen molar-refractivity contribution in [2.75, 3.05) is 20.3 Å². The van der Waals surface area contributed by atoms with Crippen LogP contribution >= 0.6 is 0 Å². The van der Waals surface area contributed by atoms with Crippen LogP contribution in [-0.4, -0.2) is 26.4 Å². The highest BCUT2D eigenvalue weighted by Gasteiger charge is 2.02. The minimum absolute atomic E-state index is 0.324. The Bertz CT molecular complexity index is 68.6. The van der Waals surface area contributed by atoms with Crippen molar-refractivity contribution >= 4 is 0 Å². The summed E-state index contributed by atoms with van der Waals surface area (Å²) in [5, 5.41) is 0. The molecule has 10 heavy (non-hydrogen) atoms. The number of methoxy groups -OCH3 is 1. The van der Waals surface area contributed by atoms with Crippen LogP contribution in [0.4, 0.5) is 0 Å². The number of ether oxygens (including phenoxy) is 1. The lowest BCUT2D eigenvalue weighted by molar-refractivity contribution is 0.00119. The highest BCUT2D eigenvalue weighted by molar-refractivity contribution is 4.56. The van der Waals surface area contributed by atoms with Crippen molar-refractivity contribution in [2.45, 2.75) is 26.3 Å². The molecule has 0 saturated heterocycles. The van der Waals surface area contributed by atoms with E-state index in [-0.39, 0.29) is 0 Å². The number of hydroxylamine groups is 1. The lowest BCUT2D eigenvalue weighted by atomic mass is 10.3. The van der Waals surface area contributed by atoms with Crippen LogP contribution in [-0.2, 0) is 9.57 Å². The molecule has 0 aliphatic carbocycles. The van der Waals surface area contributed by atoms with E-state index in [0.717, 1.165) is 6.42 Å². The van der Waals surface area contributed by atoms with Crippen molar-refractivity contribution in [2.24, 2.45) is 0 Å². The Morgan fingerprint density at radius 1 is 1.40 bits per heavy atom. The fraction of sp³-hybridized carbons (Fsp3) is 1.00. The molecule has 0 radical (unpaired) electrons. The smallest absolute Gasteiger partial charge is 0.0654 e. The summed E-state index contributed by atoms with van der Waals surface area (Å²) in [5.74, 6) is 0. The molecule has 3 nitrogen and oxygen atoms in total. The molecule has 62 valence electrons. The van der Waals surface area contributed by atoms with Gasteiger partial charge in [-0.05, 0) is 13.3 Å². The molecule has 0 aliphatic heterocycles. The van der Waals surface area contributed by atoms with Gasteiger partial charge in [-0.1, -0.05) is 6.92 Å². The third kappa shape index (κ3) is 4.73. The molecular formula is C7H17NO2. The van der Waals surface area contributed by atoms with Gasteiger partial charge in [-0.15, -0.1) is 0 Å². The molecule has 0 spiro atoms. The molecule has 0 amide bonds. The molecule has 0 aromatic heterocycles. The number of hydrogen-bond donors (Lipinski definition) is 1. The zero-order valence-corrected chi connectivity index (χ0v) is 7.02. The Balaban J connectivity index is 3.21. The van der Waals surface area contributed by atoms with Gasteiger partial charge in [-0.3, -0.25) is 0 Å². The zero-order valence-electron chi connectivity index (χ0n) is 7.02. The van der Waals surface area contributed by atoms with Crippen molar-refractivity contribution in [1.29, 1.82) is 0 Å². The molecule has 0 heterocycles. The van der Waals surface area contributed by atoms with Crippen molar-refractivity contribution in [3.05, 3.63) is 0 Å². The molecule has 1 atom stereocenters. The fourth-order valence-electron chi connectivity index (χ4n) is 0.638. The molecule has 1 N–H and O–H groups in total. The Hall–Kier alpha value is -0.120. The monoisotopic (exact) mass is 147 g/mol. The van der Waals surface area contributed by atoms with Gasteiger partial charge in [-0.2, -0.15) is 5.48 Å². The molecular weight excluding hydrogens is 130 g/mol. The molecule has 0 aromatic carbocycles. The third-order valence-corrected chi connectivity index (χ3v) is 1.25. The van der Waals surface area contributed by atoms with Crippen LogP contribution in [0.25, 0.3) is 0 Å². The van der Waals surface area contributed by atoms with Crippen LogP contribution in [0.3, 0.4) is 0 Å². The van der Waals surface area contributed by atoms with Gasteiger partial charge in [0.05, 0.1) is 19.3 Å². The molecule has 0 saturated carbocycles. The molecule has 0 aliphatic rings. The van der Waals surface area contributed by atoms with Crippen LogP contribution in [0, 0.1) is 0 Å². The third-order valence-electron chi connectivity index (χ3n) is 1.25. The van der Waals surface area contributed by atoms with E-state index in [9.17, 15) is 0 Å². The minimum Gasteiger partial charge on any atom is -0.383 e. The Labute approximate surface area is 62.7 Å². The van der Waals surface area contributed by atoms with Crippen molar-refractivity contribution in [3.8, 4) is 0 Å². The predicted molar refractivity (Wildman–Crippen MR) is 40.7 cm³/mol. The molecule has 0 aromatic rings. The predicted octanol–water partition coefficient (Wildman–Crippen LogP) is 0.952.